The fraction of sp³-hybridized carbons (Fsp3) is 0.0833. The molecule has 0 radical (unpaired) electrons. The van der Waals surface area contributed by atoms with Crippen LogP contribution in [-0.4, -0.2) is 4.98 Å². The minimum absolute atomic E-state index is 0. The molecule has 0 bridgehead atoms. The van der Waals surface area contributed by atoms with E-state index in [1.54, 1.807) is 0 Å². The van der Waals surface area contributed by atoms with Gasteiger partial charge in [-0.2, -0.15) is 73.9 Å². The van der Waals surface area contributed by atoms with Gasteiger partial charge < -0.3 is 5.32 Å². The summed E-state index contributed by atoms with van der Waals surface area (Å²) in [5, 5.41) is 5.21. The first-order valence-corrected chi connectivity index (χ1v) is 16.8. The summed E-state index contributed by atoms with van der Waals surface area (Å²) in [6.07, 6.45) is 0. The predicted molar refractivity (Wildman–Crippen MR) is 214 cm³/mol. The largest absolute Gasteiger partial charge is 4.00 e. The van der Waals surface area contributed by atoms with Crippen LogP contribution in [-0.2, 0) is 25.8 Å². The smallest absolute Gasteiger partial charge is 0.673 e. The second kappa shape index (κ2) is 21.8. The van der Waals surface area contributed by atoms with E-state index < -0.39 is 0 Å². The van der Waals surface area contributed by atoms with E-state index in [1.807, 2.05) is 115 Å². The Morgan fingerprint density at radius 3 is 1.25 bits per heavy atom. The van der Waals surface area contributed by atoms with Gasteiger partial charge in [-0.15, -0.1) is 42.1 Å². The third-order valence-electron chi connectivity index (χ3n) is 7.66. The van der Waals surface area contributed by atoms with E-state index in [0.29, 0.717) is 0 Å². The number of aromatic nitrogens is 1. The number of rotatable bonds is 5. The van der Waals surface area contributed by atoms with Crippen molar-refractivity contribution in [1.82, 2.24) is 4.98 Å². The molecule has 0 fully saturated rings. The fourth-order valence-corrected chi connectivity index (χ4v) is 5.26. The van der Waals surface area contributed by atoms with Crippen LogP contribution >= 0.6 is 0 Å². The molecular weight excluding hydrogens is 783 g/mol. The van der Waals surface area contributed by atoms with Gasteiger partial charge in [-0.3, -0.25) is 4.98 Å². The van der Waals surface area contributed by atoms with E-state index in [1.165, 1.54) is 16.7 Å². The van der Waals surface area contributed by atoms with Crippen molar-refractivity contribution in [1.29, 1.82) is 0 Å². The van der Waals surface area contributed by atoms with Crippen molar-refractivity contribution in [2.24, 2.45) is 0 Å². The van der Waals surface area contributed by atoms with Crippen LogP contribution in [0.3, 0.4) is 0 Å². The van der Waals surface area contributed by atoms with Gasteiger partial charge in [-0.25, -0.2) is 0 Å². The zero-order chi connectivity index (χ0) is 35.6. The SMILES string of the molecule is Cc1cc(C)c([N-]C(c2ccccc2)c2cccc(-c3ccccc3)n2)c(C)c1.[CH2-]c1ccccc1.[CH2-]c1ccccc1.[CH2-]c1ccccc1.[Hf+4]. The summed E-state index contributed by atoms with van der Waals surface area (Å²) in [6.45, 7) is 17.6. The van der Waals surface area contributed by atoms with E-state index in [0.717, 1.165) is 44.9 Å². The molecule has 0 aliphatic carbocycles. The Balaban J connectivity index is 0.000000256. The minimum atomic E-state index is -0.153. The Hall–Kier alpha value is -5.25. The predicted octanol–water partition coefficient (Wildman–Crippen LogP) is 13.1. The normalized spacial score (nSPS) is 10.3. The Morgan fingerprint density at radius 1 is 0.471 bits per heavy atom. The summed E-state index contributed by atoms with van der Waals surface area (Å²) in [6, 6.07) is 60.8. The zero-order valence-corrected chi connectivity index (χ0v) is 33.5. The van der Waals surface area contributed by atoms with Crippen molar-refractivity contribution >= 4 is 5.69 Å². The summed E-state index contributed by atoms with van der Waals surface area (Å²) in [5.41, 5.74) is 12.1. The van der Waals surface area contributed by atoms with Crippen LogP contribution in [0, 0.1) is 41.5 Å². The molecule has 0 aliphatic heterocycles. The van der Waals surface area contributed by atoms with Crippen LogP contribution in [0.5, 0.6) is 0 Å². The summed E-state index contributed by atoms with van der Waals surface area (Å²) in [7, 11) is 0. The van der Waals surface area contributed by atoms with Gasteiger partial charge in [0.1, 0.15) is 0 Å². The molecule has 7 rings (SSSR count). The second-order valence-electron chi connectivity index (χ2n) is 12.0. The Labute approximate surface area is 325 Å². The van der Waals surface area contributed by atoms with Gasteiger partial charge in [0.25, 0.3) is 0 Å². The van der Waals surface area contributed by atoms with Gasteiger partial charge in [0.05, 0.1) is 5.69 Å². The van der Waals surface area contributed by atoms with Gasteiger partial charge in [-0.1, -0.05) is 119 Å². The van der Waals surface area contributed by atoms with E-state index in [9.17, 15) is 0 Å². The molecule has 0 spiro atoms. The van der Waals surface area contributed by atoms with Gasteiger partial charge >= 0.3 is 25.8 Å². The maximum Gasteiger partial charge on any atom is 4.00 e. The average Bonchev–Trinajstić information content (AvgIpc) is 3.14. The van der Waals surface area contributed by atoms with Crippen molar-refractivity contribution in [3.63, 3.8) is 0 Å². The van der Waals surface area contributed by atoms with E-state index in [4.69, 9.17) is 10.3 Å². The number of hydrogen-bond acceptors (Lipinski definition) is 1. The molecule has 7 aromatic rings. The number of pyridine rings is 1. The van der Waals surface area contributed by atoms with Gasteiger partial charge in [0.15, 0.2) is 0 Å². The average molecular weight is 829 g/mol. The van der Waals surface area contributed by atoms with Gasteiger partial charge in [-0.05, 0) is 38.9 Å². The maximum absolute atomic E-state index is 5.21. The maximum atomic E-state index is 5.21. The van der Waals surface area contributed by atoms with Crippen LogP contribution in [0.25, 0.3) is 16.6 Å². The van der Waals surface area contributed by atoms with Crippen LogP contribution in [0.4, 0.5) is 5.69 Å². The van der Waals surface area contributed by atoms with Gasteiger partial charge in [0.2, 0.25) is 0 Å². The number of nitrogens with zero attached hydrogens (tertiary/aromatic N) is 2. The van der Waals surface area contributed by atoms with Crippen molar-refractivity contribution in [2.45, 2.75) is 26.8 Å². The zero-order valence-electron chi connectivity index (χ0n) is 29.9. The van der Waals surface area contributed by atoms with Crippen LogP contribution in [0.15, 0.2) is 182 Å². The molecular formula is C48H46HfN2. The molecule has 0 saturated carbocycles. The quantitative estimate of drug-likeness (QED) is 0.125. The van der Waals surface area contributed by atoms with E-state index in [-0.39, 0.29) is 31.9 Å². The van der Waals surface area contributed by atoms with E-state index in [2.05, 4.69) is 108 Å². The van der Waals surface area contributed by atoms with Crippen LogP contribution in [0.1, 0.15) is 50.7 Å². The molecule has 2 nitrogen and oxygen atoms in total. The topological polar surface area (TPSA) is 27.0 Å². The summed E-state index contributed by atoms with van der Waals surface area (Å²) in [4.78, 5) is 5.00. The first-order chi connectivity index (χ1) is 24.3. The molecule has 3 heteroatoms. The number of benzene rings is 6. The molecule has 0 amide bonds. The molecule has 6 aromatic carbocycles. The Kier molecular flexibility index (Phi) is 17.1. The summed E-state index contributed by atoms with van der Waals surface area (Å²) >= 11 is 0. The minimum Gasteiger partial charge on any atom is -0.673 e. The van der Waals surface area contributed by atoms with Gasteiger partial charge in [0, 0.05) is 11.3 Å². The molecule has 1 heterocycles. The third-order valence-corrected chi connectivity index (χ3v) is 7.66. The first-order valence-electron chi connectivity index (χ1n) is 16.8. The van der Waals surface area contributed by atoms with Crippen LogP contribution in [0.2, 0.25) is 0 Å². The molecule has 1 aromatic heterocycles. The summed E-state index contributed by atoms with van der Waals surface area (Å²) < 4.78 is 0. The molecule has 51 heavy (non-hydrogen) atoms. The molecule has 1 atom stereocenters. The standard InChI is InChI=1S/C27H25N2.3C7H7.Hf/c1-19-17-20(2)26(21(3)18-19)29-27(23-13-8-5-9-14-23)25-16-10-15-24(28-25)22-11-6-4-7-12-22;3*1-7-5-3-2-4-6-7;/h4-18,27H,1-3H3;3*2-6H,1H2;/q4*-1;+4. The fourth-order valence-electron chi connectivity index (χ4n) is 5.26. The molecule has 0 aliphatic rings. The Morgan fingerprint density at radius 2 is 0.863 bits per heavy atom. The molecule has 0 saturated heterocycles. The van der Waals surface area contributed by atoms with Crippen LogP contribution < -0.4 is 0 Å². The van der Waals surface area contributed by atoms with Crippen molar-refractivity contribution < 1.29 is 25.8 Å². The third kappa shape index (κ3) is 13.9. The second-order valence-corrected chi connectivity index (χ2v) is 12.0. The van der Waals surface area contributed by atoms with Crippen molar-refractivity contribution in [3.8, 4) is 11.3 Å². The summed E-state index contributed by atoms with van der Waals surface area (Å²) in [5.74, 6) is 0. The molecule has 1 unspecified atom stereocenters. The van der Waals surface area contributed by atoms with Crippen molar-refractivity contribution in [2.75, 3.05) is 0 Å². The first kappa shape index (κ1) is 40.2. The molecule has 252 valence electrons. The van der Waals surface area contributed by atoms with Crippen molar-refractivity contribution in [3.05, 3.63) is 253 Å². The number of hydrogen-bond donors (Lipinski definition) is 0. The Bertz CT molecular complexity index is 1850. The number of aryl methyl sites for hydroxylation is 3. The van der Waals surface area contributed by atoms with E-state index >= 15 is 0 Å². The molecule has 0 N–H and O–H groups in total. The monoisotopic (exact) mass is 830 g/mol.